The van der Waals surface area contributed by atoms with Crippen LogP contribution in [-0.4, -0.2) is 23.0 Å². The van der Waals surface area contributed by atoms with E-state index in [4.69, 9.17) is 11.6 Å². The van der Waals surface area contributed by atoms with Crippen LogP contribution in [-0.2, 0) is 9.59 Å². The molecule has 24 heavy (non-hydrogen) atoms. The van der Waals surface area contributed by atoms with E-state index >= 15 is 0 Å². The molecule has 0 unspecified atom stereocenters. The summed E-state index contributed by atoms with van der Waals surface area (Å²) >= 11 is 5.71. The van der Waals surface area contributed by atoms with Crippen molar-refractivity contribution in [1.29, 1.82) is 0 Å². The van der Waals surface area contributed by atoms with Gasteiger partial charge in [0.2, 0.25) is 0 Å². The second-order valence-corrected chi connectivity index (χ2v) is 4.95. The van der Waals surface area contributed by atoms with Crippen LogP contribution in [0.15, 0.2) is 53.6 Å². The Hall–Kier alpha value is -3.26. The Labute approximate surface area is 141 Å². The third-order valence-corrected chi connectivity index (χ3v) is 3.02. The van der Waals surface area contributed by atoms with E-state index in [2.05, 4.69) is 10.4 Å². The maximum absolute atomic E-state index is 11.7. The molecule has 0 aromatic heterocycles. The zero-order chi connectivity index (χ0) is 17.5. The zero-order valence-electron chi connectivity index (χ0n) is 12.1. The smallest absolute Gasteiger partial charge is 0.318 e. The lowest BCUT2D eigenvalue weighted by Gasteiger charge is -2.03. The van der Waals surface area contributed by atoms with E-state index in [9.17, 15) is 19.7 Å². The minimum Gasteiger partial charge on any atom is -0.318 e. The van der Waals surface area contributed by atoms with Crippen molar-refractivity contribution < 1.29 is 14.5 Å². The summed E-state index contributed by atoms with van der Waals surface area (Å²) in [6.07, 6.45) is 1.19. The lowest BCUT2D eigenvalue weighted by molar-refractivity contribution is -0.384. The molecule has 8 nitrogen and oxygen atoms in total. The maximum atomic E-state index is 11.7. The number of nitro groups is 1. The number of nitrogens with zero attached hydrogens (tertiary/aromatic N) is 2. The fourth-order valence-corrected chi connectivity index (χ4v) is 1.78. The lowest BCUT2D eigenvalue weighted by Crippen LogP contribution is -2.32. The summed E-state index contributed by atoms with van der Waals surface area (Å²) in [5.74, 6) is -1.89. The first-order valence-electron chi connectivity index (χ1n) is 6.60. The highest BCUT2D eigenvalue weighted by Crippen LogP contribution is 2.13. The second-order valence-electron chi connectivity index (χ2n) is 4.51. The van der Waals surface area contributed by atoms with Crippen molar-refractivity contribution >= 4 is 41.0 Å². The summed E-state index contributed by atoms with van der Waals surface area (Å²) in [7, 11) is 0. The average molecular weight is 347 g/mol. The topological polar surface area (TPSA) is 114 Å². The number of hydrogen-bond acceptors (Lipinski definition) is 5. The van der Waals surface area contributed by atoms with Crippen LogP contribution in [0.3, 0.4) is 0 Å². The molecule has 2 aromatic rings. The van der Waals surface area contributed by atoms with Gasteiger partial charge >= 0.3 is 11.8 Å². The number of nitrogens with one attached hydrogen (secondary N) is 2. The predicted octanol–water partition coefficient (Wildman–Crippen LogP) is 2.34. The van der Waals surface area contributed by atoms with Gasteiger partial charge in [0.25, 0.3) is 5.69 Å². The largest absolute Gasteiger partial charge is 0.329 e. The van der Waals surface area contributed by atoms with Crippen LogP contribution in [0.2, 0.25) is 5.02 Å². The summed E-state index contributed by atoms with van der Waals surface area (Å²) in [6, 6.07) is 11.9. The molecule has 0 saturated carbocycles. The van der Waals surface area contributed by atoms with Gasteiger partial charge in [-0.15, -0.1) is 0 Å². The molecule has 9 heteroatoms. The van der Waals surface area contributed by atoms with Gasteiger partial charge in [0, 0.05) is 28.4 Å². The number of nitro benzene ring substituents is 1. The lowest BCUT2D eigenvalue weighted by atomic mass is 10.2. The quantitative estimate of drug-likeness (QED) is 0.382. The molecule has 2 N–H and O–H groups in total. The number of amides is 2. The van der Waals surface area contributed by atoms with Crippen LogP contribution < -0.4 is 10.7 Å². The van der Waals surface area contributed by atoms with Crippen molar-refractivity contribution in [2.75, 3.05) is 5.32 Å². The van der Waals surface area contributed by atoms with Gasteiger partial charge in [-0.3, -0.25) is 19.7 Å². The zero-order valence-corrected chi connectivity index (χ0v) is 12.9. The number of carbonyl (C=O) groups excluding carboxylic acids is 2. The molecule has 2 rings (SSSR count). The van der Waals surface area contributed by atoms with Crippen LogP contribution >= 0.6 is 11.6 Å². The fraction of sp³-hybridized carbons (Fsp3) is 0. The van der Waals surface area contributed by atoms with Gasteiger partial charge in [-0.05, 0) is 24.3 Å². The number of hydrazone groups is 1. The number of hydrogen-bond donors (Lipinski definition) is 2. The van der Waals surface area contributed by atoms with Crippen LogP contribution in [0.5, 0.6) is 0 Å². The third kappa shape index (κ3) is 4.89. The standard InChI is InChI=1S/C15H11ClN4O4/c16-11-4-6-12(7-5-11)18-14(21)15(22)19-17-9-10-2-1-3-13(8-10)20(23)24/h1-9H,(H,18,21)(H,19,22)/b17-9+. The second kappa shape index (κ2) is 7.84. The molecule has 0 bridgehead atoms. The Morgan fingerprint density at radius 1 is 1.12 bits per heavy atom. The molecule has 0 atom stereocenters. The van der Waals surface area contributed by atoms with Gasteiger partial charge < -0.3 is 5.32 Å². The first-order chi connectivity index (χ1) is 11.5. The molecule has 0 aliphatic heterocycles. The van der Waals surface area contributed by atoms with Gasteiger partial charge in [-0.25, -0.2) is 5.43 Å². The Kier molecular flexibility index (Phi) is 5.58. The summed E-state index contributed by atoms with van der Waals surface area (Å²) in [5.41, 5.74) is 2.74. The molecule has 0 saturated heterocycles. The molecule has 0 radical (unpaired) electrons. The average Bonchev–Trinajstić information content (AvgIpc) is 2.57. The summed E-state index contributed by atoms with van der Waals surface area (Å²) < 4.78 is 0. The van der Waals surface area contributed by atoms with Crippen molar-refractivity contribution in [3.8, 4) is 0 Å². The molecule has 0 heterocycles. The summed E-state index contributed by atoms with van der Waals surface area (Å²) in [4.78, 5) is 33.4. The molecule has 2 aromatic carbocycles. The number of anilines is 1. The van der Waals surface area contributed by atoms with Crippen molar-refractivity contribution in [1.82, 2.24) is 5.43 Å². The van der Waals surface area contributed by atoms with Gasteiger partial charge in [-0.2, -0.15) is 5.10 Å². The minimum atomic E-state index is -0.980. The SMILES string of the molecule is O=C(N/N=C/c1cccc([N+](=O)[O-])c1)C(=O)Nc1ccc(Cl)cc1. The molecular weight excluding hydrogens is 336 g/mol. The molecule has 0 spiro atoms. The monoisotopic (exact) mass is 346 g/mol. The molecule has 2 amide bonds. The normalized spacial score (nSPS) is 10.4. The van der Waals surface area contributed by atoms with Gasteiger partial charge in [0.15, 0.2) is 0 Å². The predicted molar refractivity (Wildman–Crippen MR) is 88.9 cm³/mol. The van der Waals surface area contributed by atoms with E-state index in [0.717, 1.165) is 0 Å². The highest BCUT2D eigenvalue weighted by molar-refractivity contribution is 6.39. The summed E-state index contributed by atoms with van der Waals surface area (Å²) in [5, 5.41) is 17.1. The Bertz CT molecular complexity index is 805. The van der Waals surface area contributed by atoms with Crippen molar-refractivity contribution in [3.63, 3.8) is 0 Å². The fourth-order valence-electron chi connectivity index (χ4n) is 1.66. The number of non-ortho nitro benzene ring substituents is 1. The Morgan fingerprint density at radius 3 is 2.50 bits per heavy atom. The Balaban J connectivity index is 1.92. The molecule has 122 valence electrons. The van der Waals surface area contributed by atoms with Crippen LogP contribution in [0.4, 0.5) is 11.4 Å². The first kappa shape index (κ1) is 17.1. The van der Waals surface area contributed by atoms with Crippen molar-refractivity contribution in [2.45, 2.75) is 0 Å². The van der Waals surface area contributed by atoms with E-state index in [1.807, 2.05) is 5.43 Å². The van der Waals surface area contributed by atoms with Crippen molar-refractivity contribution in [2.24, 2.45) is 5.10 Å². The van der Waals surface area contributed by atoms with Gasteiger partial charge in [0.05, 0.1) is 11.1 Å². The van der Waals surface area contributed by atoms with Crippen LogP contribution in [0.1, 0.15) is 5.56 Å². The van der Waals surface area contributed by atoms with Crippen LogP contribution in [0, 0.1) is 10.1 Å². The Morgan fingerprint density at radius 2 is 1.83 bits per heavy atom. The van der Waals surface area contributed by atoms with E-state index in [-0.39, 0.29) is 5.69 Å². The number of benzene rings is 2. The van der Waals surface area contributed by atoms with Crippen molar-refractivity contribution in [3.05, 3.63) is 69.2 Å². The maximum Gasteiger partial charge on any atom is 0.329 e. The van der Waals surface area contributed by atoms with Gasteiger partial charge in [0.1, 0.15) is 0 Å². The van der Waals surface area contributed by atoms with Crippen LogP contribution in [0.25, 0.3) is 0 Å². The van der Waals surface area contributed by atoms with E-state index in [1.54, 1.807) is 30.3 Å². The number of halogens is 1. The molecule has 0 aliphatic carbocycles. The minimum absolute atomic E-state index is 0.106. The van der Waals surface area contributed by atoms with E-state index in [0.29, 0.717) is 16.3 Å². The molecule has 0 fully saturated rings. The third-order valence-electron chi connectivity index (χ3n) is 2.77. The first-order valence-corrected chi connectivity index (χ1v) is 6.98. The van der Waals surface area contributed by atoms with E-state index in [1.165, 1.54) is 24.4 Å². The summed E-state index contributed by atoms with van der Waals surface area (Å²) in [6.45, 7) is 0. The number of rotatable bonds is 4. The van der Waals surface area contributed by atoms with Gasteiger partial charge in [-0.1, -0.05) is 23.7 Å². The van der Waals surface area contributed by atoms with E-state index < -0.39 is 16.7 Å². The number of carbonyl (C=O) groups is 2. The highest BCUT2D eigenvalue weighted by atomic mass is 35.5. The molecule has 0 aliphatic rings. The molecular formula is C15H11ClN4O4. The highest BCUT2D eigenvalue weighted by Gasteiger charge is 2.12.